The second kappa shape index (κ2) is 9.89. The first-order valence-electron chi connectivity index (χ1n) is 8.67. The van der Waals surface area contributed by atoms with Gasteiger partial charge < -0.3 is 25.4 Å². The van der Waals surface area contributed by atoms with Crippen molar-refractivity contribution in [3.63, 3.8) is 0 Å². The van der Waals surface area contributed by atoms with Crippen molar-refractivity contribution in [3.05, 3.63) is 65.5 Å². The van der Waals surface area contributed by atoms with Crippen molar-refractivity contribution in [1.82, 2.24) is 15.5 Å². The minimum Gasteiger partial charge on any atom is -0.496 e. The van der Waals surface area contributed by atoms with E-state index in [1.807, 2.05) is 43.3 Å². The third-order valence-corrected chi connectivity index (χ3v) is 4.30. The highest BCUT2D eigenvalue weighted by Crippen LogP contribution is 2.27. The summed E-state index contributed by atoms with van der Waals surface area (Å²) in [5.74, 6) is 0.240. The monoisotopic (exact) mass is 375 g/mol. The molecule has 0 bridgehead atoms. The van der Waals surface area contributed by atoms with Gasteiger partial charge in [0.05, 0.1) is 19.3 Å². The first-order valence-corrected chi connectivity index (χ1v) is 8.67. The van der Waals surface area contributed by atoms with Gasteiger partial charge in [0.25, 0.3) is 0 Å². The third-order valence-electron chi connectivity index (χ3n) is 4.30. The van der Waals surface area contributed by atoms with E-state index >= 15 is 0 Å². The van der Waals surface area contributed by atoms with Crippen LogP contribution in [-0.2, 0) is 0 Å². The first kappa shape index (κ1) is 20.7. The van der Waals surface area contributed by atoms with E-state index in [1.54, 1.807) is 19.2 Å². The maximum atomic E-state index is 13.7. The molecule has 0 aliphatic rings. The van der Waals surface area contributed by atoms with Crippen molar-refractivity contribution < 1.29 is 19.0 Å². The van der Waals surface area contributed by atoms with E-state index in [9.17, 15) is 14.3 Å². The molecule has 3 N–H and O–H groups in total. The number of hydrogen-bond acceptors (Lipinski definition) is 4. The second-order valence-electron chi connectivity index (χ2n) is 6.35. The van der Waals surface area contributed by atoms with E-state index in [1.165, 1.54) is 12.1 Å². The Hall–Kier alpha value is -2.64. The predicted molar refractivity (Wildman–Crippen MR) is 102 cm³/mol. The van der Waals surface area contributed by atoms with Crippen molar-refractivity contribution in [2.24, 2.45) is 0 Å². The summed E-state index contributed by atoms with van der Waals surface area (Å²) in [7, 11) is 5.44. The highest BCUT2D eigenvalue weighted by atomic mass is 19.1. The zero-order valence-electron chi connectivity index (χ0n) is 15.8. The van der Waals surface area contributed by atoms with Gasteiger partial charge in [-0.15, -0.1) is 0 Å². The zero-order chi connectivity index (χ0) is 19.8. The lowest BCUT2D eigenvalue weighted by molar-refractivity contribution is 0.168. The van der Waals surface area contributed by atoms with Crippen LogP contribution >= 0.6 is 0 Å². The molecule has 0 saturated carbocycles. The molecule has 2 aromatic carbocycles. The fourth-order valence-corrected chi connectivity index (χ4v) is 2.81. The van der Waals surface area contributed by atoms with E-state index in [0.29, 0.717) is 6.54 Å². The number of para-hydroxylation sites is 1. The summed E-state index contributed by atoms with van der Waals surface area (Å²) in [4.78, 5) is 14.1. The van der Waals surface area contributed by atoms with Crippen LogP contribution < -0.4 is 15.4 Å². The van der Waals surface area contributed by atoms with Gasteiger partial charge in [0.1, 0.15) is 11.6 Å². The molecule has 27 heavy (non-hydrogen) atoms. The molecule has 0 saturated heterocycles. The number of carbonyl (C=O) groups excluding carboxylic acids is 1. The number of ether oxygens (including phenoxy) is 1. The summed E-state index contributed by atoms with van der Waals surface area (Å²) in [6.07, 6.45) is -1.11. The lowest BCUT2D eigenvalue weighted by Crippen LogP contribution is -2.42. The molecule has 2 amide bonds. The van der Waals surface area contributed by atoms with E-state index < -0.39 is 18.0 Å². The maximum absolute atomic E-state index is 13.7. The number of rotatable bonds is 8. The molecule has 0 heterocycles. The molecule has 0 fully saturated rings. The number of hydrogen-bond donors (Lipinski definition) is 3. The van der Waals surface area contributed by atoms with Crippen molar-refractivity contribution in [2.75, 3.05) is 34.3 Å². The van der Waals surface area contributed by atoms with E-state index in [2.05, 4.69) is 10.6 Å². The molecule has 6 nitrogen and oxygen atoms in total. The van der Waals surface area contributed by atoms with Gasteiger partial charge in [-0.2, -0.15) is 0 Å². The number of nitrogens with one attached hydrogen (secondary N) is 2. The molecule has 0 spiro atoms. The van der Waals surface area contributed by atoms with Gasteiger partial charge in [-0.05, 0) is 26.2 Å². The van der Waals surface area contributed by atoms with Crippen LogP contribution in [0.1, 0.15) is 23.3 Å². The van der Waals surface area contributed by atoms with Crippen LogP contribution in [0.5, 0.6) is 5.75 Å². The Kier molecular flexibility index (Phi) is 7.57. The van der Waals surface area contributed by atoms with Gasteiger partial charge in [-0.3, -0.25) is 0 Å². The van der Waals surface area contributed by atoms with Crippen LogP contribution in [0.2, 0.25) is 0 Å². The lowest BCUT2D eigenvalue weighted by Gasteiger charge is -2.26. The molecule has 0 radical (unpaired) electrons. The Bertz CT molecular complexity index is 755. The Balaban J connectivity index is 1.92. The number of carbonyl (C=O) groups is 1. The summed E-state index contributed by atoms with van der Waals surface area (Å²) in [5.41, 5.74) is 1.11. The second-order valence-corrected chi connectivity index (χ2v) is 6.35. The smallest absolute Gasteiger partial charge is 0.314 e. The summed E-state index contributed by atoms with van der Waals surface area (Å²) in [5, 5.41) is 15.4. The minimum atomic E-state index is -1.11. The zero-order valence-corrected chi connectivity index (χ0v) is 15.8. The number of halogens is 1. The average molecular weight is 375 g/mol. The molecular weight excluding hydrogens is 349 g/mol. The summed E-state index contributed by atoms with van der Waals surface area (Å²) >= 11 is 0. The number of aliphatic hydroxyl groups excluding tert-OH is 1. The SMILES string of the molecule is COc1ccccc1C(CNC(=O)NCC(O)c1ccccc1F)N(C)C. The molecule has 146 valence electrons. The number of aliphatic hydroxyl groups is 1. The maximum Gasteiger partial charge on any atom is 0.314 e. The van der Waals surface area contributed by atoms with Gasteiger partial charge in [0.15, 0.2) is 0 Å². The Morgan fingerprint density at radius 3 is 2.30 bits per heavy atom. The van der Waals surface area contributed by atoms with Crippen molar-refractivity contribution in [1.29, 1.82) is 0 Å². The number of likely N-dealkylation sites (N-methyl/N-ethyl adjacent to an activating group) is 1. The number of methoxy groups -OCH3 is 1. The molecule has 7 heteroatoms. The molecule has 2 atom stereocenters. The number of amides is 2. The standard InChI is InChI=1S/C20H26FN3O3/c1-24(2)17(15-9-5-7-11-19(15)27-3)12-22-20(26)23-13-18(25)14-8-4-6-10-16(14)21/h4-11,17-18,25H,12-13H2,1-3H3,(H2,22,23,26). The fraction of sp³-hybridized carbons (Fsp3) is 0.350. The van der Waals surface area contributed by atoms with Gasteiger partial charge in [-0.1, -0.05) is 36.4 Å². The van der Waals surface area contributed by atoms with Crippen LogP contribution in [0.15, 0.2) is 48.5 Å². The Labute approximate surface area is 159 Å². The lowest BCUT2D eigenvalue weighted by atomic mass is 10.0. The van der Waals surface area contributed by atoms with Gasteiger partial charge in [0, 0.05) is 24.2 Å². The number of urea groups is 1. The van der Waals surface area contributed by atoms with Gasteiger partial charge >= 0.3 is 6.03 Å². The van der Waals surface area contributed by atoms with E-state index in [0.717, 1.165) is 11.3 Å². The van der Waals surface area contributed by atoms with Crippen molar-refractivity contribution in [3.8, 4) is 5.75 Å². The predicted octanol–water partition coefficient (Wildman–Crippen LogP) is 2.47. The highest BCUT2D eigenvalue weighted by Gasteiger charge is 2.19. The average Bonchev–Trinajstić information content (AvgIpc) is 2.66. The van der Waals surface area contributed by atoms with Crippen molar-refractivity contribution in [2.45, 2.75) is 12.1 Å². The van der Waals surface area contributed by atoms with E-state index in [4.69, 9.17) is 4.74 Å². The van der Waals surface area contributed by atoms with Crippen molar-refractivity contribution >= 4 is 6.03 Å². The van der Waals surface area contributed by atoms with Crippen LogP contribution in [0, 0.1) is 5.82 Å². The van der Waals surface area contributed by atoms with Crippen LogP contribution in [0.4, 0.5) is 9.18 Å². The third kappa shape index (κ3) is 5.67. The van der Waals surface area contributed by atoms with Crippen LogP contribution in [0.3, 0.4) is 0 Å². The summed E-state index contributed by atoms with van der Waals surface area (Å²) in [6.45, 7) is 0.253. The molecule has 2 rings (SSSR count). The minimum absolute atomic E-state index is 0.0892. The highest BCUT2D eigenvalue weighted by molar-refractivity contribution is 5.74. The van der Waals surface area contributed by atoms with Crippen LogP contribution in [0.25, 0.3) is 0 Å². The first-order chi connectivity index (χ1) is 12.9. The number of benzene rings is 2. The molecular formula is C20H26FN3O3. The normalized spacial score (nSPS) is 13.1. The molecule has 0 aliphatic heterocycles. The Morgan fingerprint density at radius 1 is 1.07 bits per heavy atom. The topological polar surface area (TPSA) is 73.8 Å². The van der Waals surface area contributed by atoms with Crippen LogP contribution in [-0.4, -0.2) is 50.3 Å². The van der Waals surface area contributed by atoms with Gasteiger partial charge in [-0.25, -0.2) is 9.18 Å². The number of nitrogens with zero attached hydrogens (tertiary/aromatic N) is 1. The summed E-state index contributed by atoms with van der Waals surface area (Å²) in [6, 6.07) is 13.0. The molecule has 2 unspecified atom stereocenters. The molecule has 0 aliphatic carbocycles. The largest absolute Gasteiger partial charge is 0.496 e. The molecule has 2 aromatic rings. The fourth-order valence-electron chi connectivity index (χ4n) is 2.81. The van der Waals surface area contributed by atoms with E-state index in [-0.39, 0.29) is 18.2 Å². The summed E-state index contributed by atoms with van der Waals surface area (Å²) < 4.78 is 19.1. The van der Waals surface area contributed by atoms with Gasteiger partial charge in [0.2, 0.25) is 0 Å². The Morgan fingerprint density at radius 2 is 1.67 bits per heavy atom. The quantitative estimate of drug-likeness (QED) is 0.663. The molecule has 0 aromatic heterocycles.